The van der Waals surface area contributed by atoms with Gasteiger partial charge in [-0.25, -0.2) is 4.79 Å². The molecule has 2 amide bonds. The maximum atomic E-state index is 11.9. The second-order valence-corrected chi connectivity index (χ2v) is 6.35. The molecule has 6 heteroatoms. The molecule has 0 bridgehead atoms. The predicted octanol–water partition coefficient (Wildman–Crippen LogP) is 1.73. The van der Waals surface area contributed by atoms with Crippen LogP contribution in [-0.4, -0.2) is 48.3 Å². The molecular weight excluding hydrogens is 282 g/mol. The first-order valence-electron chi connectivity index (χ1n) is 8.02. The zero-order valence-electron chi connectivity index (χ0n) is 13.4. The standard InChI is InChI=1S/C16H27N3O3/c1-12(2)11-19-7-5-13(6-8-19)18-16(21)17-10-14(20)15-4-3-9-22-15/h3-4,9,12-14,20H,5-8,10-11H2,1-2H3,(H2,17,18,21). The number of likely N-dealkylation sites (tertiary alicyclic amines) is 1. The highest BCUT2D eigenvalue weighted by Crippen LogP contribution is 2.13. The van der Waals surface area contributed by atoms with Crippen LogP contribution in [0.3, 0.4) is 0 Å². The molecule has 3 N–H and O–H groups in total. The topological polar surface area (TPSA) is 77.7 Å². The van der Waals surface area contributed by atoms with Gasteiger partial charge in [-0.2, -0.15) is 0 Å². The summed E-state index contributed by atoms with van der Waals surface area (Å²) < 4.78 is 5.09. The van der Waals surface area contributed by atoms with Crippen molar-refractivity contribution in [3.05, 3.63) is 24.2 Å². The molecule has 0 spiro atoms. The van der Waals surface area contributed by atoms with Gasteiger partial charge in [0.1, 0.15) is 11.9 Å². The van der Waals surface area contributed by atoms with Gasteiger partial charge in [0, 0.05) is 25.7 Å². The average molecular weight is 309 g/mol. The van der Waals surface area contributed by atoms with Crippen molar-refractivity contribution in [2.45, 2.75) is 38.8 Å². The largest absolute Gasteiger partial charge is 0.467 e. The molecule has 1 aromatic heterocycles. The van der Waals surface area contributed by atoms with Crippen LogP contribution in [0.4, 0.5) is 4.79 Å². The summed E-state index contributed by atoms with van der Waals surface area (Å²) in [5.41, 5.74) is 0. The van der Waals surface area contributed by atoms with E-state index in [1.807, 2.05) is 0 Å². The number of carbonyl (C=O) groups is 1. The Balaban J connectivity index is 1.64. The molecular formula is C16H27N3O3. The first kappa shape index (κ1) is 16.8. The minimum absolute atomic E-state index is 0.144. The number of hydrogen-bond acceptors (Lipinski definition) is 4. The fourth-order valence-electron chi connectivity index (χ4n) is 2.78. The Morgan fingerprint density at radius 1 is 1.45 bits per heavy atom. The van der Waals surface area contributed by atoms with Gasteiger partial charge in [-0.15, -0.1) is 0 Å². The molecule has 1 aromatic rings. The van der Waals surface area contributed by atoms with E-state index >= 15 is 0 Å². The summed E-state index contributed by atoms with van der Waals surface area (Å²) in [4.78, 5) is 14.3. The number of nitrogens with zero attached hydrogens (tertiary/aromatic N) is 1. The van der Waals surface area contributed by atoms with Crippen LogP contribution in [0.2, 0.25) is 0 Å². The number of aliphatic hydroxyl groups is 1. The minimum atomic E-state index is -0.811. The van der Waals surface area contributed by atoms with Crippen LogP contribution >= 0.6 is 0 Å². The third-order valence-electron chi connectivity index (χ3n) is 3.87. The number of nitrogens with one attached hydrogen (secondary N) is 2. The lowest BCUT2D eigenvalue weighted by molar-refractivity contribution is 0.145. The number of rotatable bonds is 6. The molecule has 1 fully saturated rings. The zero-order valence-corrected chi connectivity index (χ0v) is 13.4. The van der Waals surface area contributed by atoms with Gasteiger partial charge in [-0.05, 0) is 30.9 Å². The van der Waals surface area contributed by atoms with Gasteiger partial charge in [0.25, 0.3) is 0 Å². The molecule has 1 unspecified atom stereocenters. The predicted molar refractivity (Wildman–Crippen MR) is 84.5 cm³/mol. The smallest absolute Gasteiger partial charge is 0.315 e. The molecule has 1 saturated heterocycles. The number of aliphatic hydroxyl groups excluding tert-OH is 1. The Bertz CT molecular complexity index is 439. The summed E-state index contributed by atoms with van der Waals surface area (Å²) in [6.45, 7) is 7.76. The van der Waals surface area contributed by atoms with E-state index in [-0.39, 0.29) is 18.6 Å². The van der Waals surface area contributed by atoms with Crippen molar-refractivity contribution < 1.29 is 14.3 Å². The van der Waals surface area contributed by atoms with Crippen LogP contribution in [0, 0.1) is 5.92 Å². The molecule has 124 valence electrons. The summed E-state index contributed by atoms with van der Waals surface area (Å²) in [7, 11) is 0. The number of carbonyl (C=O) groups excluding carboxylic acids is 1. The van der Waals surface area contributed by atoms with Crippen molar-refractivity contribution >= 4 is 6.03 Å². The van der Waals surface area contributed by atoms with Crippen molar-refractivity contribution in [2.24, 2.45) is 5.92 Å². The SMILES string of the molecule is CC(C)CN1CCC(NC(=O)NCC(O)c2ccco2)CC1. The fraction of sp³-hybridized carbons (Fsp3) is 0.688. The van der Waals surface area contributed by atoms with Gasteiger partial charge in [-0.3, -0.25) is 0 Å². The van der Waals surface area contributed by atoms with Crippen LogP contribution < -0.4 is 10.6 Å². The number of furan rings is 1. The van der Waals surface area contributed by atoms with E-state index in [1.165, 1.54) is 6.26 Å². The first-order chi connectivity index (χ1) is 10.5. The van der Waals surface area contributed by atoms with E-state index in [0.717, 1.165) is 32.5 Å². The Kier molecular flexibility index (Phi) is 6.27. The van der Waals surface area contributed by atoms with Crippen LogP contribution in [-0.2, 0) is 0 Å². The van der Waals surface area contributed by atoms with Crippen molar-refractivity contribution in [1.82, 2.24) is 15.5 Å². The summed E-state index contributed by atoms with van der Waals surface area (Å²) in [5, 5.41) is 15.5. The van der Waals surface area contributed by atoms with Crippen LogP contribution in [0.15, 0.2) is 22.8 Å². The number of hydrogen-bond donors (Lipinski definition) is 3. The molecule has 1 aliphatic heterocycles. The summed E-state index contributed by atoms with van der Waals surface area (Å²) in [5.74, 6) is 1.14. The lowest BCUT2D eigenvalue weighted by Crippen LogP contribution is -2.48. The second-order valence-electron chi connectivity index (χ2n) is 6.35. The maximum Gasteiger partial charge on any atom is 0.315 e. The van der Waals surface area contributed by atoms with E-state index in [2.05, 4.69) is 29.4 Å². The van der Waals surface area contributed by atoms with Crippen molar-refractivity contribution in [1.29, 1.82) is 0 Å². The van der Waals surface area contributed by atoms with E-state index in [9.17, 15) is 9.90 Å². The number of piperidine rings is 1. The van der Waals surface area contributed by atoms with Crippen molar-refractivity contribution in [3.63, 3.8) is 0 Å². The van der Waals surface area contributed by atoms with Gasteiger partial charge in [0.05, 0.1) is 12.8 Å². The van der Waals surface area contributed by atoms with Crippen LogP contribution in [0.5, 0.6) is 0 Å². The molecule has 0 aliphatic carbocycles. The van der Waals surface area contributed by atoms with Gasteiger partial charge in [0.2, 0.25) is 0 Å². The average Bonchev–Trinajstić information content (AvgIpc) is 3.00. The van der Waals surface area contributed by atoms with Crippen molar-refractivity contribution in [3.8, 4) is 0 Å². The van der Waals surface area contributed by atoms with E-state index in [0.29, 0.717) is 11.7 Å². The Labute approximate surface area is 131 Å². The minimum Gasteiger partial charge on any atom is -0.467 e. The van der Waals surface area contributed by atoms with E-state index < -0.39 is 6.10 Å². The van der Waals surface area contributed by atoms with E-state index in [1.54, 1.807) is 12.1 Å². The third-order valence-corrected chi connectivity index (χ3v) is 3.87. The monoisotopic (exact) mass is 309 g/mol. The normalized spacial score (nSPS) is 18.4. The first-order valence-corrected chi connectivity index (χ1v) is 8.02. The third kappa shape index (κ3) is 5.35. The quantitative estimate of drug-likeness (QED) is 0.748. The second kappa shape index (κ2) is 8.19. The maximum absolute atomic E-state index is 11.9. The highest BCUT2D eigenvalue weighted by molar-refractivity contribution is 5.74. The highest BCUT2D eigenvalue weighted by Gasteiger charge is 2.21. The Morgan fingerprint density at radius 2 is 2.18 bits per heavy atom. The lowest BCUT2D eigenvalue weighted by atomic mass is 10.0. The fourth-order valence-corrected chi connectivity index (χ4v) is 2.78. The number of amides is 2. The van der Waals surface area contributed by atoms with Gasteiger partial charge < -0.3 is 25.1 Å². The molecule has 0 radical (unpaired) electrons. The highest BCUT2D eigenvalue weighted by atomic mass is 16.4. The molecule has 0 saturated carbocycles. The van der Waals surface area contributed by atoms with Crippen LogP contribution in [0.25, 0.3) is 0 Å². The number of urea groups is 1. The zero-order chi connectivity index (χ0) is 15.9. The Morgan fingerprint density at radius 3 is 2.77 bits per heavy atom. The lowest BCUT2D eigenvalue weighted by Gasteiger charge is -2.33. The summed E-state index contributed by atoms with van der Waals surface area (Å²) >= 11 is 0. The summed E-state index contributed by atoms with van der Waals surface area (Å²) in [6, 6.07) is 3.38. The molecule has 22 heavy (non-hydrogen) atoms. The molecule has 2 rings (SSSR count). The van der Waals surface area contributed by atoms with E-state index in [4.69, 9.17) is 4.42 Å². The molecule has 1 atom stereocenters. The Hall–Kier alpha value is -1.53. The van der Waals surface area contributed by atoms with Gasteiger partial charge >= 0.3 is 6.03 Å². The van der Waals surface area contributed by atoms with Gasteiger partial charge in [-0.1, -0.05) is 13.8 Å². The molecule has 2 heterocycles. The molecule has 6 nitrogen and oxygen atoms in total. The molecule has 1 aliphatic rings. The van der Waals surface area contributed by atoms with Gasteiger partial charge in [0.15, 0.2) is 0 Å². The molecule has 0 aromatic carbocycles. The van der Waals surface area contributed by atoms with Crippen LogP contribution in [0.1, 0.15) is 38.6 Å². The summed E-state index contributed by atoms with van der Waals surface area (Å²) in [6.07, 6.45) is 2.64. The van der Waals surface area contributed by atoms with Crippen molar-refractivity contribution in [2.75, 3.05) is 26.2 Å².